The van der Waals surface area contributed by atoms with Gasteiger partial charge in [0.05, 0.1) is 25.5 Å². The predicted octanol–water partition coefficient (Wildman–Crippen LogP) is 2.51. The molecule has 2 aliphatic rings. The second kappa shape index (κ2) is 5.47. The molecule has 0 aliphatic carbocycles. The van der Waals surface area contributed by atoms with E-state index in [1.54, 1.807) is 0 Å². The van der Waals surface area contributed by atoms with Crippen LogP contribution in [-0.4, -0.2) is 36.3 Å². The SMILES string of the molecule is CCCC1(C)OCc2c(N3CCOCC3)nc(Cl)nc21. The Morgan fingerprint density at radius 1 is 1.30 bits per heavy atom. The number of hydrogen-bond acceptors (Lipinski definition) is 5. The molecule has 3 rings (SSSR count). The molecule has 0 aromatic carbocycles. The number of fused-ring (bicyclic) bond motifs is 1. The number of ether oxygens (including phenoxy) is 2. The van der Waals surface area contributed by atoms with E-state index >= 15 is 0 Å². The Morgan fingerprint density at radius 3 is 2.75 bits per heavy atom. The fourth-order valence-corrected chi connectivity index (χ4v) is 3.18. The lowest BCUT2D eigenvalue weighted by atomic mass is 9.95. The minimum atomic E-state index is -0.336. The Morgan fingerprint density at radius 2 is 2.05 bits per heavy atom. The second-order valence-corrected chi connectivity index (χ2v) is 5.85. The third-order valence-electron chi connectivity index (χ3n) is 4.03. The van der Waals surface area contributed by atoms with E-state index in [2.05, 4.69) is 28.7 Å². The monoisotopic (exact) mass is 297 g/mol. The lowest BCUT2D eigenvalue weighted by Crippen LogP contribution is -2.37. The Bertz CT molecular complexity index is 505. The molecule has 1 atom stereocenters. The van der Waals surface area contributed by atoms with Crippen molar-refractivity contribution < 1.29 is 9.47 Å². The summed E-state index contributed by atoms with van der Waals surface area (Å²) in [6.07, 6.45) is 1.99. The number of nitrogens with zero attached hydrogens (tertiary/aromatic N) is 3. The van der Waals surface area contributed by atoms with Crippen molar-refractivity contribution in [2.75, 3.05) is 31.2 Å². The summed E-state index contributed by atoms with van der Waals surface area (Å²) in [7, 11) is 0. The van der Waals surface area contributed by atoms with Gasteiger partial charge in [0.2, 0.25) is 5.28 Å². The molecule has 0 bridgehead atoms. The first-order valence-electron chi connectivity index (χ1n) is 7.17. The van der Waals surface area contributed by atoms with Crippen LogP contribution >= 0.6 is 11.6 Å². The van der Waals surface area contributed by atoms with Crippen LogP contribution in [0.1, 0.15) is 37.9 Å². The molecule has 1 unspecified atom stereocenters. The molecule has 2 aliphatic heterocycles. The van der Waals surface area contributed by atoms with Crippen molar-refractivity contribution >= 4 is 17.4 Å². The van der Waals surface area contributed by atoms with Gasteiger partial charge in [-0.25, -0.2) is 9.97 Å². The van der Waals surface area contributed by atoms with Crippen LogP contribution in [0.4, 0.5) is 5.82 Å². The van der Waals surface area contributed by atoms with Crippen LogP contribution in [0.25, 0.3) is 0 Å². The largest absolute Gasteiger partial charge is 0.378 e. The van der Waals surface area contributed by atoms with Crippen molar-refractivity contribution in [2.24, 2.45) is 0 Å². The van der Waals surface area contributed by atoms with Gasteiger partial charge in [-0.2, -0.15) is 0 Å². The summed E-state index contributed by atoms with van der Waals surface area (Å²) in [5, 5.41) is 0.304. The molecule has 20 heavy (non-hydrogen) atoms. The van der Waals surface area contributed by atoms with Crippen LogP contribution < -0.4 is 4.90 Å². The van der Waals surface area contributed by atoms with E-state index in [9.17, 15) is 0 Å². The van der Waals surface area contributed by atoms with E-state index < -0.39 is 0 Å². The number of halogens is 1. The maximum absolute atomic E-state index is 6.14. The van der Waals surface area contributed by atoms with Gasteiger partial charge in [0.15, 0.2) is 0 Å². The third-order valence-corrected chi connectivity index (χ3v) is 4.20. The van der Waals surface area contributed by atoms with Gasteiger partial charge in [-0.1, -0.05) is 13.3 Å². The molecule has 5 nitrogen and oxygen atoms in total. The first-order valence-corrected chi connectivity index (χ1v) is 7.55. The molecular formula is C14H20ClN3O2. The van der Waals surface area contributed by atoms with Crippen molar-refractivity contribution in [1.82, 2.24) is 9.97 Å². The average Bonchev–Trinajstić information content (AvgIpc) is 2.77. The van der Waals surface area contributed by atoms with E-state index in [4.69, 9.17) is 21.1 Å². The molecular weight excluding hydrogens is 278 g/mol. The lowest BCUT2D eigenvalue weighted by molar-refractivity contribution is -0.0321. The highest BCUT2D eigenvalue weighted by Crippen LogP contribution is 2.42. The fraction of sp³-hybridized carbons (Fsp3) is 0.714. The number of rotatable bonds is 3. The molecule has 0 spiro atoms. The van der Waals surface area contributed by atoms with Gasteiger partial charge in [0, 0.05) is 18.7 Å². The van der Waals surface area contributed by atoms with Crippen LogP contribution in [-0.2, 0) is 21.7 Å². The van der Waals surface area contributed by atoms with Crippen LogP contribution in [0.15, 0.2) is 0 Å². The summed E-state index contributed by atoms with van der Waals surface area (Å²) in [5.74, 6) is 0.920. The molecule has 110 valence electrons. The topological polar surface area (TPSA) is 47.5 Å². The zero-order valence-corrected chi connectivity index (χ0v) is 12.7. The number of aromatic nitrogens is 2. The lowest BCUT2D eigenvalue weighted by Gasteiger charge is -2.29. The highest BCUT2D eigenvalue weighted by molar-refractivity contribution is 6.28. The van der Waals surface area contributed by atoms with Gasteiger partial charge < -0.3 is 14.4 Å². The zero-order valence-electron chi connectivity index (χ0n) is 12.0. The van der Waals surface area contributed by atoms with E-state index in [1.807, 2.05) is 0 Å². The Labute approximate surface area is 124 Å². The summed E-state index contributed by atoms with van der Waals surface area (Å²) in [4.78, 5) is 11.1. The quantitative estimate of drug-likeness (QED) is 0.802. The summed E-state index contributed by atoms with van der Waals surface area (Å²) in [6, 6.07) is 0. The highest BCUT2D eigenvalue weighted by atomic mass is 35.5. The predicted molar refractivity (Wildman–Crippen MR) is 77.1 cm³/mol. The molecule has 3 heterocycles. The van der Waals surface area contributed by atoms with E-state index in [0.717, 1.165) is 56.2 Å². The first-order chi connectivity index (χ1) is 9.64. The molecule has 6 heteroatoms. The van der Waals surface area contributed by atoms with Gasteiger partial charge in [0.1, 0.15) is 11.4 Å². The number of morpholine rings is 1. The van der Waals surface area contributed by atoms with Crippen molar-refractivity contribution in [3.8, 4) is 0 Å². The molecule has 0 saturated carbocycles. The van der Waals surface area contributed by atoms with Crippen molar-refractivity contribution in [3.05, 3.63) is 16.5 Å². The van der Waals surface area contributed by atoms with Gasteiger partial charge in [-0.3, -0.25) is 0 Å². The maximum Gasteiger partial charge on any atom is 0.224 e. The minimum Gasteiger partial charge on any atom is -0.378 e. The van der Waals surface area contributed by atoms with E-state index in [0.29, 0.717) is 11.9 Å². The standard InChI is InChI=1S/C14H20ClN3O2/c1-3-4-14(2)11-10(9-20-14)12(17-13(15)16-11)18-5-7-19-8-6-18/h3-9H2,1-2H3. The van der Waals surface area contributed by atoms with Gasteiger partial charge in [-0.15, -0.1) is 0 Å². The van der Waals surface area contributed by atoms with Crippen LogP contribution in [0.3, 0.4) is 0 Å². The summed E-state index contributed by atoms with van der Waals surface area (Å²) >= 11 is 6.14. The highest BCUT2D eigenvalue weighted by Gasteiger charge is 2.39. The first kappa shape index (κ1) is 14.0. The normalized spacial score (nSPS) is 25.9. The number of hydrogen-bond donors (Lipinski definition) is 0. The van der Waals surface area contributed by atoms with Gasteiger partial charge in [0.25, 0.3) is 0 Å². The van der Waals surface area contributed by atoms with Crippen molar-refractivity contribution in [3.63, 3.8) is 0 Å². The Hall–Kier alpha value is -0.910. The Balaban J connectivity index is 2.01. The van der Waals surface area contributed by atoms with Gasteiger partial charge >= 0.3 is 0 Å². The van der Waals surface area contributed by atoms with Crippen LogP contribution in [0.5, 0.6) is 0 Å². The minimum absolute atomic E-state index is 0.304. The summed E-state index contributed by atoms with van der Waals surface area (Å²) < 4.78 is 11.4. The summed E-state index contributed by atoms with van der Waals surface area (Å²) in [5.41, 5.74) is 1.71. The molecule has 1 aromatic rings. The van der Waals surface area contributed by atoms with Crippen LogP contribution in [0.2, 0.25) is 5.28 Å². The number of anilines is 1. The van der Waals surface area contributed by atoms with Crippen molar-refractivity contribution in [2.45, 2.75) is 38.9 Å². The fourth-order valence-electron chi connectivity index (χ4n) is 3.02. The Kier molecular flexibility index (Phi) is 3.84. The van der Waals surface area contributed by atoms with Crippen LogP contribution in [0, 0.1) is 0 Å². The smallest absolute Gasteiger partial charge is 0.224 e. The molecule has 1 saturated heterocycles. The van der Waals surface area contributed by atoms with Crippen molar-refractivity contribution in [1.29, 1.82) is 0 Å². The van der Waals surface area contributed by atoms with Gasteiger partial charge in [-0.05, 0) is 24.9 Å². The van der Waals surface area contributed by atoms with E-state index in [-0.39, 0.29) is 5.60 Å². The maximum atomic E-state index is 6.14. The summed E-state index contributed by atoms with van der Waals surface area (Å²) in [6.45, 7) is 7.93. The molecule has 1 aromatic heterocycles. The van der Waals surface area contributed by atoms with E-state index in [1.165, 1.54) is 0 Å². The molecule has 0 N–H and O–H groups in total. The molecule has 0 amide bonds. The second-order valence-electron chi connectivity index (χ2n) is 5.51. The third kappa shape index (κ3) is 2.38. The average molecular weight is 298 g/mol. The zero-order chi connectivity index (χ0) is 14.2. The molecule has 0 radical (unpaired) electrons. The molecule has 1 fully saturated rings.